The Labute approximate surface area is 98.5 Å². The van der Waals surface area contributed by atoms with E-state index in [0.29, 0.717) is 18.4 Å². The van der Waals surface area contributed by atoms with E-state index < -0.39 is 0 Å². The van der Waals surface area contributed by atoms with E-state index in [2.05, 4.69) is 44.6 Å². The van der Waals surface area contributed by atoms with Crippen molar-refractivity contribution >= 4 is 0 Å². The van der Waals surface area contributed by atoms with E-state index in [4.69, 9.17) is 5.73 Å². The van der Waals surface area contributed by atoms with Crippen LogP contribution in [0.3, 0.4) is 0 Å². The highest BCUT2D eigenvalue weighted by molar-refractivity contribution is 5.28. The van der Waals surface area contributed by atoms with E-state index in [1.165, 1.54) is 5.56 Å². The molecular weight excluding hydrogens is 198 g/mol. The van der Waals surface area contributed by atoms with Crippen molar-refractivity contribution < 1.29 is 0 Å². The van der Waals surface area contributed by atoms with Crippen molar-refractivity contribution in [3.63, 3.8) is 0 Å². The second kappa shape index (κ2) is 5.39. The Morgan fingerprint density at radius 2 is 1.56 bits per heavy atom. The summed E-state index contributed by atoms with van der Waals surface area (Å²) in [6, 6.07) is 0. The number of aromatic nitrogens is 2. The average Bonchev–Trinajstić information content (AvgIpc) is 2.15. The topological polar surface area (TPSA) is 51.8 Å². The van der Waals surface area contributed by atoms with Crippen LogP contribution in [0.5, 0.6) is 0 Å². The minimum absolute atomic E-state index is 0.341. The summed E-state index contributed by atoms with van der Waals surface area (Å²) in [7, 11) is 0. The Hall–Kier alpha value is -0.960. The smallest absolute Gasteiger partial charge is 0.129 e. The zero-order valence-corrected chi connectivity index (χ0v) is 11.0. The lowest BCUT2D eigenvalue weighted by Crippen LogP contribution is -2.15. The van der Waals surface area contributed by atoms with Crippen molar-refractivity contribution in [2.24, 2.45) is 11.7 Å². The highest BCUT2D eigenvalue weighted by Crippen LogP contribution is 2.20. The van der Waals surface area contributed by atoms with Gasteiger partial charge in [-0.05, 0) is 37.8 Å². The van der Waals surface area contributed by atoms with Crippen LogP contribution in [-0.2, 0) is 6.42 Å². The Bertz CT molecular complexity index is 335. The third-order valence-corrected chi connectivity index (χ3v) is 2.81. The van der Waals surface area contributed by atoms with Crippen LogP contribution in [0, 0.1) is 19.8 Å². The quantitative estimate of drug-likeness (QED) is 0.849. The standard InChI is InChI=1S/C13H23N3/c1-8(2)6-12-15-10(4)13(9(3)7-14)11(5)16-12/h8-9H,6-7,14H2,1-5H3. The van der Waals surface area contributed by atoms with Gasteiger partial charge in [-0.1, -0.05) is 20.8 Å². The Morgan fingerprint density at radius 1 is 1.06 bits per heavy atom. The summed E-state index contributed by atoms with van der Waals surface area (Å²) in [5.41, 5.74) is 9.09. The van der Waals surface area contributed by atoms with Crippen molar-refractivity contribution in [2.45, 2.75) is 47.0 Å². The van der Waals surface area contributed by atoms with E-state index in [1.54, 1.807) is 0 Å². The zero-order valence-electron chi connectivity index (χ0n) is 11.0. The van der Waals surface area contributed by atoms with Crippen molar-refractivity contribution in [2.75, 3.05) is 6.54 Å². The van der Waals surface area contributed by atoms with E-state index in [1.807, 2.05) is 0 Å². The molecule has 2 N–H and O–H groups in total. The highest BCUT2D eigenvalue weighted by Gasteiger charge is 2.14. The van der Waals surface area contributed by atoms with Crippen molar-refractivity contribution in [1.29, 1.82) is 0 Å². The number of hydrogen-bond donors (Lipinski definition) is 1. The molecule has 1 unspecified atom stereocenters. The Balaban J connectivity index is 3.07. The average molecular weight is 221 g/mol. The lowest BCUT2D eigenvalue weighted by molar-refractivity contribution is 0.612. The fourth-order valence-electron chi connectivity index (χ4n) is 2.08. The molecule has 1 aromatic heterocycles. The van der Waals surface area contributed by atoms with Crippen LogP contribution in [0.4, 0.5) is 0 Å². The number of aryl methyl sites for hydroxylation is 2. The summed E-state index contributed by atoms with van der Waals surface area (Å²) in [4.78, 5) is 9.15. The van der Waals surface area contributed by atoms with Gasteiger partial charge in [0.25, 0.3) is 0 Å². The minimum Gasteiger partial charge on any atom is -0.330 e. The summed E-state index contributed by atoms with van der Waals surface area (Å²) in [6.45, 7) is 11.3. The molecule has 1 atom stereocenters. The van der Waals surface area contributed by atoms with Gasteiger partial charge in [-0.2, -0.15) is 0 Å². The van der Waals surface area contributed by atoms with Crippen LogP contribution < -0.4 is 5.73 Å². The highest BCUT2D eigenvalue weighted by atomic mass is 14.9. The molecule has 3 heteroatoms. The van der Waals surface area contributed by atoms with Crippen LogP contribution in [0.25, 0.3) is 0 Å². The molecule has 0 aliphatic carbocycles. The third-order valence-electron chi connectivity index (χ3n) is 2.81. The first-order valence-corrected chi connectivity index (χ1v) is 5.99. The minimum atomic E-state index is 0.341. The summed E-state index contributed by atoms with van der Waals surface area (Å²) in [5.74, 6) is 1.89. The van der Waals surface area contributed by atoms with E-state index in [-0.39, 0.29) is 0 Å². The molecule has 90 valence electrons. The largest absolute Gasteiger partial charge is 0.330 e. The fourth-order valence-corrected chi connectivity index (χ4v) is 2.08. The lowest BCUT2D eigenvalue weighted by Gasteiger charge is -2.16. The van der Waals surface area contributed by atoms with Gasteiger partial charge in [0.05, 0.1) is 0 Å². The Kier molecular flexibility index (Phi) is 4.42. The van der Waals surface area contributed by atoms with Crippen LogP contribution in [-0.4, -0.2) is 16.5 Å². The molecule has 0 aromatic carbocycles. The first-order chi connectivity index (χ1) is 7.45. The first-order valence-electron chi connectivity index (χ1n) is 5.99. The van der Waals surface area contributed by atoms with E-state index in [0.717, 1.165) is 23.6 Å². The molecule has 3 nitrogen and oxygen atoms in total. The number of nitrogens with two attached hydrogens (primary N) is 1. The molecule has 0 saturated heterocycles. The lowest BCUT2D eigenvalue weighted by atomic mass is 9.98. The van der Waals surface area contributed by atoms with Gasteiger partial charge in [0.15, 0.2) is 0 Å². The summed E-state index contributed by atoms with van der Waals surface area (Å²) < 4.78 is 0. The fraction of sp³-hybridized carbons (Fsp3) is 0.692. The zero-order chi connectivity index (χ0) is 12.3. The van der Waals surface area contributed by atoms with Crippen molar-refractivity contribution in [1.82, 2.24) is 9.97 Å². The summed E-state index contributed by atoms with van der Waals surface area (Å²) in [6.07, 6.45) is 0.943. The normalized spacial score (nSPS) is 13.2. The van der Waals surface area contributed by atoms with E-state index >= 15 is 0 Å². The van der Waals surface area contributed by atoms with Crippen LogP contribution in [0.2, 0.25) is 0 Å². The molecule has 1 aromatic rings. The predicted molar refractivity (Wildman–Crippen MR) is 67.5 cm³/mol. The maximum atomic E-state index is 5.71. The summed E-state index contributed by atoms with van der Waals surface area (Å²) >= 11 is 0. The number of nitrogens with zero attached hydrogens (tertiary/aromatic N) is 2. The van der Waals surface area contributed by atoms with Gasteiger partial charge in [0.1, 0.15) is 5.82 Å². The molecule has 0 saturated carbocycles. The molecule has 0 fully saturated rings. The predicted octanol–water partition coefficient (Wildman–Crippen LogP) is 2.35. The molecule has 0 aliphatic heterocycles. The molecule has 16 heavy (non-hydrogen) atoms. The van der Waals surface area contributed by atoms with Crippen LogP contribution in [0.15, 0.2) is 0 Å². The Morgan fingerprint density at radius 3 is 1.94 bits per heavy atom. The van der Waals surface area contributed by atoms with Gasteiger partial charge in [-0.15, -0.1) is 0 Å². The molecule has 0 bridgehead atoms. The first kappa shape index (κ1) is 13.1. The molecule has 0 amide bonds. The molecule has 0 radical (unpaired) electrons. The number of hydrogen-bond acceptors (Lipinski definition) is 3. The van der Waals surface area contributed by atoms with Crippen LogP contribution >= 0.6 is 0 Å². The van der Waals surface area contributed by atoms with Gasteiger partial charge in [-0.3, -0.25) is 0 Å². The second-order valence-corrected chi connectivity index (χ2v) is 4.96. The molecule has 0 spiro atoms. The van der Waals surface area contributed by atoms with E-state index in [9.17, 15) is 0 Å². The molecular formula is C13H23N3. The second-order valence-electron chi connectivity index (χ2n) is 4.96. The molecule has 1 heterocycles. The number of rotatable bonds is 4. The van der Waals surface area contributed by atoms with Crippen molar-refractivity contribution in [3.05, 3.63) is 22.8 Å². The van der Waals surface area contributed by atoms with Gasteiger partial charge in [-0.25, -0.2) is 9.97 Å². The SMILES string of the molecule is Cc1nc(CC(C)C)nc(C)c1C(C)CN. The summed E-state index contributed by atoms with van der Waals surface area (Å²) in [5, 5.41) is 0. The van der Waals surface area contributed by atoms with Gasteiger partial charge in [0, 0.05) is 17.8 Å². The van der Waals surface area contributed by atoms with Gasteiger partial charge < -0.3 is 5.73 Å². The monoisotopic (exact) mass is 221 g/mol. The maximum Gasteiger partial charge on any atom is 0.129 e. The van der Waals surface area contributed by atoms with Gasteiger partial charge >= 0.3 is 0 Å². The van der Waals surface area contributed by atoms with Crippen LogP contribution in [0.1, 0.15) is 49.5 Å². The van der Waals surface area contributed by atoms with Crippen molar-refractivity contribution in [3.8, 4) is 0 Å². The maximum absolute atomic E-state index is 5.71. The molecule has 0 aliphatic rings. The third kappa shape index (κ3) is 3.01. The molecule has 1 rings (SSSR count). The van der Waals surface area contributed by atoms with Gasteiger partial charge in [0.2, 0.25) is 0 Å².